The molecule has 0 saturated carbocycles. The van der Waals surface area contributed by atoms with Crippen molar-refractivity contribution in [3.05, 3.63) is 66.1 Å². The average Bonchev–Trinajstić information content (AvgIpc) is 3.01. The van der Waals surface area contributed by atoms with Crippen LogP contribution in [0.2, 0.25) is 0 Å². The summed E-state index contributed by atoms with van der Waals surface area (Å²) in [5, 5.41) is 14.6. The third-order valence-electron chi connectivity index (χ3n) is 3.71. The van der Waals surface area contributed by atoms with Gasteiger partial charge in [-0.05, 0) is 55.3 Å². The van der Waals surface area contributed by atoms with Crippen LogP contribution in [0.5, 0.6) is 5.75 Å². The van der Waals surface area contributed by atoms with Gasteiger partial charge in [0.25, 0.3) is 0 Å². The normalized spacial score (nSPS) is 12.1. The molecule has 3 rings (SSSR count). The van der Waals surface area contributed by atoms with E-state index in [2.05, 4.69) is 16.1 Å². The molecule has 0 aliphatic heterocycles. The smallest absolute Gasteiger partial charge is 0.119 e. The fourth-order valence-electron chi connectivity index (χ4n) is 2.71. The fourth-order valence-corrected chi connectivity index (χ4v) is 2.71. The lowest BCUT2D eigenvalue weighted by atomic mass is 10.1. The molecule has 5 nitrogen and oxygen atoms in total. The SMILES string of the molecule is Cc1cc(C)cc(OC[C@H](O)Cn2nccc2-c2ccncc2)c1. The van der Waals surface area contributed by atoms with Crippen molar-refractivity contribution in [1.29, 1.82) is 0 Å². The number of aromatic nitrogens is 3. The fraction of sp³-hybridized carbons (Fsp3) is 0.263. The van der Waals surface area contributed by atoms with Crippen molar-refractivity contribution in [1.82, 2.24) is 14.8 Å². The Morgan fingerprint density at radius 1 is 1.04 bits per heavy atom. The second-order valence-corrected chi connectivity index (χ2v) is 5.92. The Balaban J connectivity index is 1.63. The number of aliphatic hydroxyl groups is 1. The van der Waals surface area contributed by atoms with Crippen LogP contribution in [0, 0.1) is 13.8 Å². The Bertz CT molecular complexity index is 779. The molecule has 124 valence electrons. The molecule has 0 aliphatic carbocycles. The Kier molecular flexibility index (Phi) is 4.91. The molecule has 0 amide bonds. The summed E-state index contributed by atoms with van der Waals surface area (Å²) in [6.45, 7) is 4.65. The summed E-state index contributed by atoms with van der Waals surface area (Å²) in [5.74, 6) is 0.779. The Morgan fingerprint density at radius 2 is 1.75 bits per heavy atom. The topological polar surface area (TPSA) is 60.2 Å². The van der Waals surface area contributed by atoms with E-state index < -0.39 is 6.10 Å². The van der Waals surface area contributed by atoms with Crippen LogP contribution in [0.3, 0.4) is 0 Å². The van der Waals surface area contributed by atoms with E-state index in [1.165, 1.54) is 0 Å². The van der Waals surface area contributed by atoms with Crippen LogP contribution >= 0.6 is 0 Å². The van der Waals surface area contributed by atoms with E-state index >= 15 is 0 Å². The molecule has 1 aromatic carbocycles. The first-order valence-corrected chi connectivity index (χ1v) is 7.93. The van der Waals surface area contributed by atoms with Gasteiger partial charge in [-0.3, -0.25) is 9.67 Å². The number of hydrogen-bond donors (Lipinski definition) is 1. The Hall–Kier alpha value is -2.66. The summed E-state index contributed by atoms with van der Waals surface area (Å²) in [6, 6.07) is 11.8. The van der Waals surface area contributed by atoms with Crippen LogP contribution in [-0.4, -0.2) is 32.6 Å². The van der Waals surface area contributed by atoms with Crippen molar-refractivity contribution >= 4 is 0 Å². The Morgan fingerprint density at radius 3 is 2.46 bits per heavy atom. The van der Waals surface area contributed by atoms with E-state index in [-0.39, 0.29) is 6.61 Å². The monoisotopic (exact) mass is 323 g/mol. The number of pyridine rings is 1. The van der Waals surface area contributed by atoms with Crippen LogP contribution in [0.4, 0.5) is 0 Å². The summed E-state index contributed by atoms with van der Waals surface area (Å²) in [7, 11) is 0. The number of rotatable bonds is 6. The number of ether oxygens (including phenoxy) is 1. The molecule has 5 heteroatoms. The van der Waals surface area contributed by atoms with Gasteiger partial charge in [-0.15, -0.1) is 0 Å². The van der Waals surface area contributed by atoms with Crippen LogP contribution in [0.25, 0.3) is 11.3 Å². The summed E-state index contributed by atoms with van der Waals surface area (Å²) in [6.07, 6.45) is 4.57. The van der Waals surface area contributed by atoms with Crippen molar-refractivity contribution in [2.75, 3.05) is 6.61 Å². The minimum atomic E-state index is -0.647. The van der Waals surface area contributed by atoms with Gasteiger partial charge >= 0.3 is 0 Å². The third kappa shape index (κ3) is 4.00. The van der Waals surface area contributed by atoms with Gasteiger partial charge in [0.05, 0.1) is 12.2 Å². The highest BCUT2D eigenvalue weighted by atomic mass is 16.5. The van der Waals surface area contributed by atoms with Gasteiger partial charge < -0.3 is 9.84 Å². The molecular weight excluding hydrogens is 302 g/mol. The minimum Gasteiger partial charge on any atom is -0.491 e. The van der Waals surface area contributed by atoms with Gasteiger partial charge in [0.15, 0.2) is 0 Å². The van der Waals surface area contributed by atoms with Gasteiger partial charge in [0.1, 0.15) is 18.5 Å². The molecule has 0 saturated heterocycles. The first-order chi connectivity index (χ1) is 11.6. The highest BCUT2D eigenvalue weighted by molar-refractivity contribution is 5.58. The molecule has 0 unspecified atom stereocenters. The van der Waals surface area contributed by atoms with Crippen molar-refractivity contribution in [2.45, 2.75) is 26.5 Å². The first-order valence-electron chi connectivity index (χ1n) is 7.93. The van der Waals surface area contributed by atoms with Gasteiger partial charge in [-0.1, -0.05) is 6.07 Å². The van der Waals surface area contributed by atoms with E-state index in [0.29, 0.717) is 6.54 Å². The lowest BCUT2D eigenvalue weighted by Gasteiger charge is -2.15. The standard InChI is InChI=1S/C19H21N3O2/c1-14-9-15(2)11-18(10-14)24-13-17(23)12-22-19(5-8-21-22)16-3-6-20-7-4-16/h3-11,17,23H,12-13H2,1-2H3/t17-/m1/s1. The van der Waals surface area contributed by atoms with Crippen LogP contribution in [0.1, 0.15) is 11.1 Å². The molecule has 0 spiro atoms. The molecule has 24 heavy (non-hydrogen) atoms. The number of hydrogen-bond acceptors (Lipinski definition) is 4. The largest absolute Gasteiger partial charge is 0.491 e. The quantitative estimate of drug-likeness (QED) is 0.757. The van der Waals surface area contributed by atoms with Crippen molar-refractivity contribution in [2.24, 2.45) is 0 Å². The molecule has 2 aromatic heterocycles. The summed E-state index contributed by atoms with van der Waals surface area (Å²) >= 11 is 0. The van der Waals surface area contributed by atoms with E-state index in [9.17, 15) is 5.11 Å². The molecule has 2 heterocycles. The minimum absolute atomic E-state index is 0.221. The predicted octanol–water partition coefficient (Wildman–Crippen LogP) is 3.00. The van der Waals surface area contributed by atoms with Crippen molar-refractivity contribution in [3.63, 3.8) is 0 Å². The summed E-state index contributed by atoms with van der Waals surface area (Å²) in [4.78, 5) is 4.02. The average molecular weight is 323 g/mol. The number of benzene rings is 1. The second-order valence-electron chi connectivity index (χ2n) is 5.92. The van der Waals surface area contributed by atoms with Gasteiger partial charge in [-0.2, -0.15) is 5.10 Å². The summed E-state index contributed by atoms with van der Waals surface area (Å²) < 4.78 is 7.51. The maximum Gasteiger partial charge on any atom is 0.119 e. The molecular formula is C19H21N3O2. The molecule has 3 aromatic rings. The van der Waals surface area contributed by atoms with Crippen molar-refractivity contribution < 1.29 is 9.84 Å². The van der Waals surface area contributed by atoms with Gasteiger partial charge in [-0.25, -0.2) is 0 Å². The van der Waals surface area contributed by atoms with E-state index in [1.54, 1.807) is 23.3 Å². The molecule has 0 radical (unpaired) electrons. The molecule has 1 N–H and O–H groups in total. The highest BCUT2D eigenvalue weighted by Gasteiger charge is 2.11. The van der Waals surface area contributed by atoms with Crippen LogP contribution in [-0.2, 0) is 6.54 Å². The number of nitrogens with zero attached hydrogens (tertiary/aromatic N) is 3. The number of aliphatic hydroxyl groups excluding tert-OH is 1. The zero-order valence-corrected chi connectivity index (χ0v) is 13.9. The van der Waals surface area contributed by atoms with Crippen LogP contribution in [0.15, 0.2) is 55.0 Å². The maximum atomic E-state index is 10.3. The lowest BCUT2D eigenvalue weighted by molar-refractivity contribution is 0.0897. The third-order valence-corrected chi connectivity index (χ3v) is 3.71. The van der Waals surface area contributed by atoms with E-state index in [1.807, 2.05) is 44.2 Å². The zero-order valence-electron chi connectivity index (χ0n) is 13.9. The van der Waals surface area contributed by atoms with E-state index in [4.69, 9.17) is 4.74 Å². The molecule has 0 aliphatic rings. The first kappa shape index (κ1) is 16.2. The Labute approximate surface area is 141 Å². The molecule has 0 fully saturated rings. The second kappa shape index (κ2) is 7.27. The summed E-state index contributed by atoms with van der Waals surface area (Å²) in [5.41, 5.74) is 4.26. The number of aryl methyl sites for hydroxylation is 2. The lowest BCUT2D eigenvalue weighted by Crippen LogP contribution is -2.24. The van der Waals surface area contributed by atoms with Crippen molar-refractivity contribution in [3.8, 4) is 17.0 Å². The van der Waals surface area contributed by atoms with E-state index in [0.717, 1.165) is 28.1 Å². The van der Waals surface area contributed by atoms with Gasteiger partial charge in [0, 0.05) is 24.2 Å². The van der Waals surface area contributed by atoms with Gasteiger partial charge in [0.2, 0.25) is 0 Å². The van der Waals surface area contributed by atoms with Crippen LogP contribution < -0.4 is 4.74 Å². The predicted molar refractivity (Wildman–Crippen MR) is 92.9 cm³/mol. The highest BCUT2D eigenvalue weighted by Crippen LogP contribution is 2.19. The maximum absolute atomic E-state index is 10.3. The molecule has 0 bridgehead atoms. The zero-order chi connectivity index (χ0) is 16.9. The molecule has 1 atom stereocenters.